The van der Waals surface area contributed by atoms with Crippen molar-refractivity contribution in [2.75, 3.05) is 26.4 Å². The largest absolute Gasteiger partial charge is 2.00 e. The van der Waals surface area contributed by atoms with E-state index in [4.69, 9.17) is 18.9 Å². The molecule has 121 heavy (non-hydrogen) atoms. The second-order valence-electron chi connectivity index (χ2n) is 34.3. The van der Waals surface area contributed by atoms with Crippen LogP contribution in [0.15, 0.2) is 94.8 Å². The molecule has 2 aromatic rings. The molecule has 0 heterocycles. The number of rotatable bonds is 86. The fourth-order valence-electron chi connectivity index (χ4n) is 15.2. The molecule has 0 bridgehead atoms. The molecule has 0 fully saturated rings. The van der Waals surface area contributed by atoms with Crippen molar-refractivity contribution in [1.82, 2.24) is 0 Å². The van der Waals surface area contributed by atoms with E-state index in [1.165, 1.54) is 334 Å². The Morgan fingerprint density at radius 2 is 0.364 bits per heavy atom. The van der Waals surface area contributed by atoms with Crippen LogP contribution in [0.2, 0.25) is 0 Å². The molecule has 14 nitrogen and oxygen atoms in total. The summed E-state index contributed by atoms with van der Waals surface area (Å²) in [6.45, 7) is 9.73. The van der Waals surface area contributed by atoms with Gasteiger partial charge in [-0.3, -0.25) is 0 Å². The van der Waals surface area contributed by atoms with Gasteiger partial charge in [-0.25, -0.2) is 36.0 Å². The topological polar surface area (TPSA) is 220 Å². The van der Waals surface area contributed by atoms with Gasteiger partial charge >= 0.3 is 61.6 Å². The minimum atomic E-state index is -4.83. The van der Waals surface area contributed by atoms with Crippen LogP contribution < -0.4 is 0 Å². The molecule has 0 atom stereocenters. The number of allylic oxidation sites excluding steroid dienone is 8. The van der Waals surface area contributed by atoms with E-state index < -0.39 is 53.9 Å². The van der Waals surface area contributed by atoms with Crippen molar-refractivity contribution in [2.45, 2.75) is 500 Å². The summed E-state index contributed by atoms with van der Waals surface area (Å²) in [7, 11) is -9.65. The molecule has 2 aromatic carbocycles. The Labute approximate surface area is 773 Å². The van der Waals surface area contributed by atoms with Crippen LogP contribution in [0.1, 0.15) is 531 Å². The number of unbranched alkanes of at least 4 members (excludes halogenated alkanes) is 64. The van der Waals surface area contributed by atoms with Crippen LogP contribution in [0, 0.1) is 0 Å². The predicted molar refractivity (Wildman–Crippen MR) is 507 cm³/mol. The van der Waals surface area contributed by atoms with Crippen LogP contribution in [0.5, 0.6) is 0 Å². The number of hydrogen-bond donors (Lipinski definition) is 0. The van der Waals surface area contributed by atoms with Gasteiger partial charge in [0.1, 0.15) is 20.2 Å². The second-order valence-corrected chi connectivity index (χ2v) is 37.0. The summed E-state index contributed by atoms with van der Waals surface area (Å²) in [6, 6.07) is 6.24. The zero-order valence-electron chi connectivity index (χ0n) is 78.1. The zero-order valence-corrected chi connectivity index (χ0v) is 81.9. The van der Waals surface area contributed by atoms with Gasteiger partial charge in [-0.05, 0) is 190 Å². The Balaban J connectivity index is 0.00000236. The van der Waals surface area contributed by atoms with Crippen LogP contribution >= 0.6 is 0 Å². The monoisotopic (exact) mass is 1760 g/mol. The van der Waals surface area contributed by atoms with Gasteiger partial charge in [-0.1, -0.05) is 385 Å². The van der Waals surface area contributed by atoms with Crippen molar-refractivity contribution in [3.8, 4) is 0 Å². The second kappa shape index (κ2) is 88.4. The summed E-state index contributed by atoms with van der Waals surface area (Å²) in [4.78, 5) is 50.6. The van der Waals surface area contributed by atoms with Crippen LogP contribution in [0.3, 0.4) is 0 Å². The van der Waals surface area contributed by atoms with E-state index in [-0.39, 0.29) is 86.4 Å². The Bertz CT molecular complexity index is 2880. The fraction of sp³-hybridized carbons (Fsp3) is 0.769. The van der Waals surface area contributed by atoms with Gasteiger partial charge in [0, 0.05) is 0 Å². The van der Waals surface area contributed by atoms with Gasteiger partial charge in [-0.15, -0.1) is 0 Å². The van der Waals surface area contributed by atoms with Crippen LogP contribution in [-0.4, -0.2) is 114 Å². The molecule has 0 aromatic heterocycles. The first-order valence-electron chi connectivity index (χ1n) is 50.1. The first-order chi connectivity index (χ1) is 58.6. The van der Waals surface area contributed by atoms with E-state index in [2.05, 4.69) is 76.3 Å². The van der Waals surface area contributed by atoms with Gasteiger partial charge in [-0.2, -0.15) is 0 Å². The Kier molecular flexibility index (Phi) is 85.7. The Morgan fingerprint density at radius 1 is 0.223 bits per heavy atom. The molecule has 0 N–H and O–H groups in total. The van der Waals surface area contributed by atoms with Gasteiger partial charge in [0.05, 0.1) is 58.5 Å². The number of carbonyl (C=O) groups excluding carboxylic acids is 4. The SMILES string of the molecule is CCCCCCCCCCCCCCC/C=C/CCCCCOC(=O)c1ccc(S(=O)(=O)[O-])cc1C(=O)OCCCCC/C=C/CCCCCCCCCCCCCCC.CCCCCCCCCCCCCCC/C=C/CCCCCOC(=O)c1ccc(S(=O)(=O)[O-])cc1C(=O)OCCCCC/C=C/CCCCCCCCCCCCCCC.[Ca+2]. The third-order valence-electron chi connectivity index (χ3n) is 23.0. The number of esters is 4. The van der Waals surface area contributed by atoms with Crippen molar-refractivity contribution < 1.29 is 64.1 Å². The van der Waals surface area contributed by atoms with E-state index >= 15 is 0 Å². The molecule has 0 saturated heterocycles. The molecule has 0 aliphatic carbocycles. The first-order valence-corrected chi connectivity index (χ1v) is 52.9. The molecule has 17 heteroatoms. The number of ether oxygens (including phenoxy) is 4. The fourth-order valence-corrected chi connectivity index (χ4v) is 16.2. The molecular formula is C104H178CaO14S2. The first kappa shape index (κ1) is 117. The summed E-state index contributed by atoms with van der Waals surface area (Å²) >= 11 is 0. The van der Waals surface area contributed by atoms with Gasteiger partial charge < -0.3 is 28.1 Å². The number of hydrogen-bond acceptors (Lipinski definition) is 14. The summed E-state index contributed by atoms with van der Waals surface area (Å²) in [5, 5.41) is 0. The number of carbonyl (C=O) groups is 4. The molecule has 0 spiro atoms. The normalized spacial score (nSPS) is 11.8. The number of benzene rings is 2. The maximum atomic E-state index is 13.0. The van der Waals surface area contributed by atoms with E-state index in [9.17, 15) is 45.1 Å². The standard InChI is InChI=1S/2C52H90O7S.Ca/c2*1-3-5-7-9-11-13-15-17-19-21-23-25-27-29-31-33-35-37-39-41-45-58-51(53)49-44-43-48(60(55,56)57)47-50(49)52(54)59-46-42-40-38-36-34-32-30-28-26-24-22-20-18-16-14-12-10-8-6-4-2;/h2*31-34,43-44,47H,3-30,35-42,45-46H2,1-2H3,(H,55,56,57);/q;;+2/p-2/b2*33-31+,34-32+;. The molecule has 0 saturated carbocycles. The summed E-state index contributed by atoms with van der Waals surface area (Å²) in [5.41, 5.74) is -0.724. The van der Waals surface area contributed by atoms with E-state index in [1.54, 1.807) is 0 Å². The van der Waals surface area contributed by atoms with Crippen molar-refractivity contribution >= 4 is 81.9 Å². The zero-order chi connectivity index (χ0) is 87.2. The van der Waals surface area contributed by atoms with Crippen LogP contribution in [0.4, 0.5) is 0 Å². The van der Waals surface area contributed by atoms with Gasteiger partial charge in [0.25, 0.3) is 0 Å². The molecular weight excluding hydrogens is 1580 g/mol. The third kappa shape index (κ3) is 75.1. The summed E-state index contributed by atoms with van der Waals surface area (Å²) in [5.74, 6) is -3.15. The minimum absolute atomic E-state index is 0. The molecule has 0 aliphatic rings. The van der Waals surface area contributed by atoms with Crippen LogP contribution in [0.25, 0.3) is 0 Å². The third-order valence-corrected chi connectivity index (χ3v) is 24.7. The van der Waals surface area contributed by atoms with Gasteiger partial charge in [0.15, 0.2) is 0 Å². The summed E-state index contributed by atoms with van der Waals surface area (Å²) < 4.78 is 91.8. The quantitative estimate of drug-likeness (QED) is 0.0150. The van der Waals surface area contributed by atoms with E-state index in [1.807, 2.05) is 0 Å². The van der Waals surface area contributed by atoms with E-state index in [0.717, 1.165) is 139 Å². The summed E-state index contributed by atoms with van der Waals surface area (Å²) in [6.07, 6.45) is 108. The van der Waals surface area contributed by atoms with Crippen molar-refractivity contribution in [3.63, 3.8) is 0 Å². The van der Waals surface area contributed by atoms with Crippen LogP contribution in [-0.2, 0) is 39.2 Å². The van der Waals surface area contributed by atoms with Crippen molar-refractivity contribution in [2.24, 2.45) is 0 Å². The molecule has 0 unspecified atom stereocenters. The molecule has 0 radical (unpaired) electrons. The van der Waals surface area contributed by atoms with E-state index in [0.29, 0.717) is 25.7 Å². The molecule has 2 rings (SSSR count). The molecule has 0 aliphatic heterocycles. The minimum Gasteiger partial charge on any atom is -0.744 e. The van der Waals surface area contributed by atoms with Gasteiger partial charge in [0.2, 0.25) is 0 Å². The maximum absolute atomic E-state index is 13.0. The Hall–Kier alpha value is -3.64. The Morgan fingerprint density at radius 3 is 0.521 bits per heavy atom. The molecule has 0 amide bonds. The smallest absolute Gasteiger partial charge is 0.744 e. The molecule has 692 valence electrons. The van der Waals surface area contributed by atoms with Crippen molar-refractivity contribution in [3.05, 3.63) is 107 Å². The predicted octanol–water partition coefficient (Wildman–Crippen LogP) is 31.8. The maximum Gasteiger partial charge on any atom is 2.00 e. The average Bonchev–Trinajstić information content (AvgIpc) is 0.813. The average molecular weight is 1760 g/mol. The van der Waals surface area contributed by atoms with Crippen molar-refractivity contribution in [1.29, 1.82) is 0 Å².